The van der Waals surface area contributed by atoms with E-state index in [9.17, 15) is 5.11 Å². The summed E-state index contributed by atoms with van der Waals surface area (Å²) in [4.78, 5) is 0. The molecule has 2 aromatic rings. The highest BCUT2D eigenvalue weighted by atomic mass is 16.3. The molecule has 2 aromatic carbocycles. The average Bonchev–Trinajstić information content (AvgIpc) is 2.98. The summed E-state index contributed by atoms with van der Waals surface area (Å²) in [6, 6.07) is 12.7. The van der Waals surface area contributed by atoms with E-state index in [0.29, 0.717) is 0 Å². The summed E-state index contributed by atoms with van der Waals surface area (Å²) in [5, 5.41) is 13.1. The Kier molecular flexibility index (Phi) is 4.07. The van der Waals surface area contributed by atoms with E-state index in [0.717, 1.165) is 17.9 Å². The van der Waals surface area contributed by atoms with Crippen molar-refractivity contribution in [3.8, 4) is 0 Å². The van der Waals surface area contributed by atoms with Gasteiger partial charge in [-0.05, 0) is 47.6 Å². The molecule has 1 heteroatoms. The van der Waals surface area contributed by atoms with E-state index in [1.54, 1.807) is 0 Å². The van der Waals surface area contributed by atoms with Crippen LogP contribution in [0.1, 0.15) is 55.8 Å². The molecule has 1 aliphatic rings. The molecule has 1 aliphatic carbocycles. The summed E-state index contributed by atoms with van der Waals surface area (Å²) in [7, 11) is 0. The van der Waals surface area contributed by atoms with Crippen LogP contribution in [0.5, 0.6) is 0 Å². The zero-order valence-corrected chi connectivity index (χ0v) is 12.3. The van der Waals surface area contributed by atoms with Crippen LogP contribution in [-0.2, 0) is 0 Å². The summed E-state index contributed by atoms with van der Waals surface area (Å²) in [6.07, 6.45) is 7.25. The number of hydrogen-bond donors (Lipinski definition) is 1. The molecule has 0 aliphatic heterocycles. The van der Waals surface area contributed by atoms with Crippen molar-refractivity contribution in [3.05, 3.63) is 47.5 Å². The van der Waals surface area contributed by atoms with Crippen molar-refractivity contribution in [1.82, 2.24) is 0 Å². The fraction of sp³-hybridized carbons (Fsp3) is 0.474. The van der Waals surface area contributed by atoms with Crippen LogP contribution in [-0.4, -0.2) is 5.11 Å². The molecule has 1 nitrogen and oxygen atoms in total. The van der Waals surface area contributed by atoms with Gasteiger partial charge in [0.25, 0.3) is 0 Å². The van der Waals surface area contributed by atoms with Gasteiger partial charge in [0.2, 0.25) is 0 Å². The van der Waals surface area contributed by atoms with Gasteiger partial charge in [-0.15, -0.1) is 0 Å². The zero-order valence-electron chi connectivity index (χ0n) is 12.3. The number of aliphatic hydroxyl groups is 1. The minimum absolute atomic E-state index is 0.318. The first-order valence-corrected chi connectivity index (χ1v) is 7.92. The van der Waals surface area contributed by atoms with E-state index in [1.807, 2.05) is 0 Å². The average molecular weight is 268 g/mol. The zero-order chi connectivity index (χ0) is 13.9. The Morgan fingerprint density at radius 3 is 2.65 bits per heavy atom. The van der Waals surface area contributed by atoms with Gasteiger partial charge in [0.15, 0.2) is 0 Å². The molecule has 106 valence electrons. The van der Waals surface area contributed by atoms with Gasteiger partial charge in [0.1, 0.15) is 0 Å². The van der Waals surface area contributed by atoms with E-state index in [1.165, 1.54) is 48.4 Å². The fourth-order valence-electron chi connectivity index (χ4n) is 3.68. The molecule has 1 unspecified atom stereocenters. The highest BCUT2D eigenvalue weighted by molar-refractivity contribution is 5.87. The fourth-order valence-corrected chi connectivity index (χ4v) is 3.68. The van der Waals surface area contributed by atoms with Gasteiger partial charge in [-0.1, -0.05) is 62.1 Å². The van der Waals surface area contributed by atoms with Crippen molar-refractivity contribution in [2.45, 2.75) is 51.6 Å². The highest BCUT2D eigenvalue weighted by Crippen LogP contribution is 2.34. The first-order valence-electron chi connectivity index (χ1n) is 7.92. The topological polar surface area (TPSA) is 20.2 Å². The molecule has 0 amide bonds. The Labute approximate surface area is 121 Å². The van der Waals surface area contributed by atoms with Crippen molar-refractivity contribution in [3.63, 3.8) is 0 Å². The lowest BCUT2D eigenvalue weighted by Crippen LogP contribution is -2.04. The molecule has 3 rings (SSSR count). The van der Waals surface area contributed by atoms with Gasteiger partial charge in [-0.2, -0.15) is 0 Å². The third-order valence-corrected chi connectivity index (χ3v) is 4.85. The lowest BCUT2D eigenvalue weighted by molar-refractivity contribution is 0.158. The Hall–Kier alpha value is -1.34. The summed E-state index contributed by atoms with van der Waals surface area (Å²) >= 11 is 0. The predicted molar refractivity (Wildman–Crippen MR) is 84.8 cm³/mol. The van der Waals surface area contributed by atoms with Crippen LogP contribution in [0.25, 0.3) is 10.8 Å². The molecule has 0 bridgehead atoms. The van der Waals surface area contributed by atoms with E-state index in [-0.39, 0.29) is 6.10 Å². The van der Waals surface area contributed by atoms with Crippen molar-refractivity contribution in [2.75, 3.05) is 0 Å². The molecule has 1 saturated carbocycles. The number of aliphatic hydroxyl groups excluding tert-OH is 1. The standard InChI is InChI=1S/C19H24O/c1-14-10-12-16-8-4-5-9-17(16)19(14)18(20)13-11-15-6-2-3-7-15/h4-5,8-10,12,15,18,20H,2-3,6-7,11,13H2,1H3. The monoisotopic (exact) mass is 268 g/mol. The Bertz CT molecular complexity index is 581. The minimum atomic E-state index is -0.318. The highest BCUT2D eigenvalue weighted by Gasteiger charge is 2.19. The minimum Gasteiger partial charge on any atom is -0.388 e. The Morgan fingerprint density at radius 1 is 1.10 bits per heavy atom. The van der Waals surface area contributed by atoms with Crippen LogP contribution in [0, 0.1) is 12.8 Å². The van der Waals surface area contributed by atoms with Gasteiger partial charge < -0.3 is 5.11 Å². The van der Waals surface area contributed by atoms with E-state index in [2.05, 4.69) is 43.3 Å². The third kappa shape index (κ3) is 2.73. The van der Waals surface area contributed by atoms with Crippen LogP contribution in [0.3, 0.4) is 0 Å². The maximum atomic E-state index is 10.7. The van der Waals surface area contributed by atoms with Gasteiger partial charge >= 0.3 is 0 Å². The number of aryl methyl sites for hydroxylation is 1. The summed E-state index contributed by atoms with van der Waals surface area (Å²) < 4.78 is 0. The molecule has 1 N–H and O–H groups in total. The summed E-state index contributed by atoms with van der Waals surface area (Å²) in [5.74, 6) is 0.847. The number of benzene rings is 2. The second kappa shape index (κ2) is 5.97. The van der Waals surface area contributed by atoms with Crippen LogP contribution in [0.15, 0.2) is 36.4 Å². The first kappa shape index (κ1) is 13.6. The lowest BCUT2D eigenvalue weighted by Gasteiger charge is -2.18. The molecule has 0 heterocycles. The predicted octanol–water partition coefficient (Wildman–Crippen LogP) is 5.15. The van der Waals surface area contributed by atoms with Crippen LogP contribution < -0.4 is 0 Å². The summed E-state index contributed by atoms with van der Waals surface area (Å²) in [6.45, 7) is 2.11. The quantitative estimate of drug-likeness (QED) is 0.812. The molecule has 0 aromatic heterocycles. The number of rotatable bonds is 4. The molecule has 0 radical (unpaired) electrons. The van der Waals surface area contributed by atoms with E-state index < -0.39 is 0 Å². The molecule has 1 atom stereocenters. The molecule has 20 heavy (non-hydrogen) atoms. The van der Waals surface area contributed by atoms with Gasteiger partial charge in [-0.25, -0.2) is 0 Å². The molecular weight excluding hydrogens is 244 g/mol. The molecule has 0 saturated heterocycles. The second-order valence-electron chi connectivity index (χ2n) is 6.26. The maximum absolute atomic E-state index is 10.7. The van der Waals surface area contributed by atoms with Crippen molar-refractivity contribution < 1.29 is 5.11 Å². The lowest BCUT2D eigenvalue weighted by atomic mass is 9.91. The van der Waals surface area contributed by atoms with E-state index in [4.69, 9.17) is 0 Å². The third-order valence-electron chi connectivity index (χ3n) is 4.85. The first-order chi connectivity index (χ1) is 9.75. The molecule has 0 spiro atoms. The SMILES string of the molecule is Cc1ccc2ccccc2c1C(O)CCC1CCCC1. The van der Waals surface area contributed by atoms with Crippen LogP contribution >= 0.6 is 0 Å². The normalized spacial score (nSPS) is 17.7. The Morgan fingerprint density at radius 2 is 1.85 bits per heavy atom. The number of fused-ring (bicyclic) bond motifs is 1. The largest absolute Gasteiger partial charge is 0.388 e. The van der Waals surface area contributed by atoms with Gasteiger partial charge in [-0.3, -0.25) is 0 Å². The van der Waals surface area contributed by atoms with E-state index >= 15 is 0 Å². The van der Waals surface area contributed by atoms with Gasteiger partial charge in [0.05, 0.1) is 6.10 Å². The van der Waals surface area contributed by atoms with Crippen LogP contribution in [0.2, 0.25) is 0 Å². The van der Waals surface area contributed by atoms with Gasteiger partial charge in [0, 0.05) is 0 Å². The van der Waals surface area contributed by atoms with Crippen molar-refractivity contribution in [1.29, 1.82) is 0 Å². The maximum Gasteiger partial charge on any atom is 0.0798 e. The van der Waals surface area contributed by atoms with Crippen molar-refractivity contribution in [2.24, 2.45) is 5.92 Å². The second-order valence-corrected chi connectivity index (χ2v) is 6.26. The summed E-state index contributed by atoms with van der Waals surface area (Å²) in [5.41, 5.74) is 2.35. The Balaban J connectivity index is 1.82. The molecule has 1 fully saturated rings. The molecular formula is C19H24O. The smallest absolute Gasteiger partial charge is 0.0798 e. The van der Waals surface area contributed by atoms with Crippen molar-refractivity contribution >= 4 is 10.8 Å². The number of hydrogen-bond acceptors (Lipinski definition) is 1. The van der Waals surface area contributed by atoms with Crippen LogP contribution in [0.4, 0.5) is 0 Å².